The van der Waals surface area contributed by atoms with Crippen LogP contribution in [0.15, 0.2) is 41.6 Å². The monoisotopic (exact) mass is 312 g/mol. The summed E-state index contributed by atoms with van der Waals surface area (Å²) in [6.45, 7) is 3.93. The highest BCUT2D eigenvalue weighted by atomic mass is 16.2. The molecule has 1 aromatic carbocycles. The van der Waals surface area contributed by atoms with E-state index in [0.717, 1.165) is 22.5 Å². The topological polar surface area (TPSA) is 86.3 Å². The van der Waals surface area contributed by atoms with Crippen molar-refractivity contribution in [3.05, 3.63) is 53.3 Å². The molecule has 3 N–H and O–H groups in total. The average molecular weight is 312 g/mol. The molecule has 120 valence electrons. The van der Waals surface area contributed by atoms with Crippen molar-refractivity contribution < 1.29 is 9.59 Å². The van der Waals surface area contributed by atoms with Crippen molar-refractivity contribution in [2.24, 2.45) is 5.10 Å². The minimum Gasteiger partial charge on any atom is -0.360 e. The lowest BCUT2D eigenvalue weighted by Crippen LogP contribution is -2.20. The number of aromatic amines is 1. The van der Waals surface area contributed by atoms with Gasteiger partial charge in [-0.3, -0.25) is 9.59 Å². The number of H-pyrrole nitrogens is 1. The van der Waals surface area contributed by atoms with Gasteiger partial charge in [-0.05, 0) is 37.6 Å². The van der Waals surface area contributed by atoms with Gasteiger partial charge < -0.3 is 10.3 Å². The highest BCUT2D eigenvalue weighted by molar-refractivity contribution is 5.94. The molecule has 0 saturated carbocycles. The van der Waals surface area contributed by atoms with E-state index in [-0.39, 0.29) is 24.7 Å². The van der Waals surface area contributed by atoms with Crippen molar-refractivity contribution in [1.82, 2.24) is 10.4 Å². The lowest BCUT2D eigenvalue weighted by Gasteiger charge is -2.08. The number of carbonyl (C=O) groups excluding carboxylic acids is 2. The van der Waals surface area contributed by atoms with Gasteiger partial charge in [-0.15, -0.1) is 0 Å². The highest BCUT2D eigenvalue weighted by Gasteiger charge is 2.08. The first-order valence-corrected chi connectivity index (χ1v) is 7.37. The van der Waals surface area contributed by atoms with Gasteiger partial charge >= 0.3 is 0 Å². The SMILES string of the molecule is Cc1ccc(NC(=O)CCC(=O)N/N=C\c2ccc[nH]2)c(C)c1. The number of amides is 2. The van der Waals surface area contributed by atoms with Crippen LogP contribution in [-0.4, -0.2) is 23.0 Å². The molecule has 0 radical (unpaired) electrons. The number of aryl methyl sites for hydroxylation is 2. The van der Waals surface area contributed by atoms with Crippen molar-refractivity contribution in [1.29, 1.82) is 0 Å². The van der Waals surface area contributed by atoms with Crippen molar-refractivity contribution in [3.8, 4) is 0 Å². The molecule has 6 heteroatoms. The summed E-state index contributed by atoms with van der Waals surface area (Å²) in [6, 6.07) is 9.46. The number of hydrazone groups is 1. The van der Waals surface area contributed by atoms with Crippen LogP contribution in [0.1, 0.15) is 29.7 Å². The van der Waals surface area contributed by atoms with E-state index in [0.29, 0.717) is 0 Å². The van der Waals surface area contributed by atoms with E-state index < -0.39 is 0 Å². The zero-order chi connectivity index (χ0) is 16.7. The molecule has 1 heterocycles. The third-order valence-electron chi connectivity index (χ3n) is 3.25. The van der Waals surface area contributed by atoms with Crippen LogP contribution in [0.25, 0.3) is 0 Å². The average Bonchev–Trinajstić information content (AvgIpc) is 3.01. The molecule has 0 atom stereocenters. The Morgan fingerprint density at radius 3 is 2.65 bits per heavy atom. The van der Waals surface area contributed by atoms with E-state index >= 15 is 0 Å². The fraction of sp³-hybridized carbons (Fsp3) is 0.235. The molecule has 0 spiro atoms. The summed E-state index contributed by atoms with van der Waals surface area (Å²) >= 11 is 0. The second-order valence-corrected chi connectivity index (χ2v) is 5.29. The maximum Gasteiger partial charge on any atom is 0.240 e. The lowest BCUT2D eigenvalue weighted by atomic mass is 10.1. The standard InChI is InChI=1S/C17H20N4O2/c1-12-5-6-15(13(2)10-12)20-16(22)7-8-17(23)21-19-11-14-4-3-9-18-14/h3-6,9-11,18H,7-8H2,1-2H3,(H,20,22)(H,21,23)/b19-11-. The summed E-state index contributed by atoms with van der Waals surface area (Å²) < 4.78 is 0. The van der Waals surface area contributed by atoms with Gasteiger partial charge in [-0.1, -0.05) is 17.7 Å². The fourth-order valence-electron chi connectivity index (χ4n) is 2.05. The molecule has 23 heavy (non-hydrogen) atoms. The zero-order valence-electron chi connectivity index (χ0n) is 13.2. The minimum atomic E-state index is -0.302. The maximum atomic E-state index is 11.9. The number of carbonyl (C=O) groups is 2. The van der Waals surface area contributed by atoms with Crippen LogP contribution in [0.5, 0.6) is 0 Å². The summed E-state index contributed by atoms with van der Waals surface area (Å²) in [5.41, 5.74) is 6.09. The Balaban J connectivity index is 1.74. The number of aromatic nitrogens is 1. The number of rotatable bonds is 6. The number of hydrogen-bond acceptors (Lipinski definition) is 3. The number of nitrogens with zero attached hydrogens (tertiary/aromatic N) is 1. The zero-order valence-corrected chi connectivity index (χ0v) is 13.2. The fourth-order valence-corrected chi connectivity index (χ4v) is 2.05. The Kier molecular flexibility index (Phi) is 5.68. The third-order valence-corrected chi connectivity index (χ3v) is 3.25. The van der Waals surface area contributed by atoms with Gasteiger partial charge in [0.1, 0.15) is 0 Å². The summed E-state index contributed by atoms with van der Waals surface area (Å²) in [5.74, 6) is -0.496. The predicted octanol–water partition coefficient (Wildman–Crippen LogP) is 2.50. The molecule has 6 nitrogen and oxygen atoms in total. The number of nitrogens with one attached hydrogen (secondary N) is 3. The minimum absolute atomic E-state index is 0.0822. The van der Waals surface area contributed by atoms with Crippen molar-refractivity contribution in [2.75, 3.05) is 5.32 Å². The van der Waals surface area contributed by atoms with E-state index in [1.165, 1.54) is 6.21 Å². The second kappa shape index (κ2) is 7.93. The summed E-state index contributed by atoms with van der Waals surface area (Å²) in [4.78, 5) is 26.4. The Morgan fingerprint density at radius 2 is 1.96 bits per heavy atom. The molecule has 0 saturated heterocycles. The van der Waals surface area contributed by atoms with Crippen LogP contribution in [0.4, 0.5) is 5.69 Å². The first-order valence-electron chi connectivity index (χ1n) is 7.37. The number of benzene rings is 1. The molecule has 1 aromatic heterocycles. The Hall–Kier alpha value is -2.89. The first kappa shape index (κ1) is 16.5. The molecule has 0 aliphatic carbocycles. The van der Waals surface area contributed by atoms with Gasteiger partial charge in [0, 0.05) is 24.7 Å². The summed E-state index contributed by atoms with van der Waals surface area (Å²) in [6.07, 6.45) is 3.46. The second-order valence-electron chi connectivity index (χ2n) is 5.29. The van der Waals surface area contributed by atoms with Gasteiger partial charge in [0.15, 0.2) is 0 Å². The van der Waals surface area contributed by atoms with Crippen LogP contribution in [0, 0.1) is 13.8 Å². The molecule has 0 bridgehead atoms. The lowest BCUT2D eigenvalue weighted by molar-refractivity contribution is -0.124. The smallest absolute Gasteiger partial charge is 0.240 e. The van der Waals surface area contributed by atoms with E-state index in [4.69, 9.17) is 0 Å². The predicted molar refractivity (Wildman–Crippen MR) is 90.3 cm³/mol. The molecular formula is C17H20N4O2. The largest absolute Gasteiger partial charge is 0.360 e. The Morgan fingerprint density at radius 1 is 1.17 bits per heavy atom. The van der Waals surface area contributed by atoms with E-state index in [1.807, 2.05) is 44.2 Å². The van der Waals surface area contributed by atoms with E-state index in [9.17, 15) is 9.59 Å². The van der Waals surface area contributed by atoms with E-state index in [1.54, 1.807) is 6.20 Å². The summed E-state index contributed by atoms with van der Waals surface area (Å²) in [7, 11) is 0. The van der Waals surface area contributed by atoms with Crippen LogP contribution in [-0.2, 0) is 9.59 Å². The van der Waals surface area contributed by atoms with Gasteiger partial charge in [-0.2, -0.15) is 5.10 Å². The molecule has 2 rings (SSSR count). The molecular weight excluding hydrogens is 292 g/mol. The Labute approximate surface area is 135 Å². The molecule has 0 aliphatic rings. The van der Waals surface area contributed by atoms with Gasteiger partial charge in [0.05, 0.1) is 11.9 Å². The van der Waals surface area contributed by atoms with Crippen LogP contribution >= 0.6 is 0 Å². The molecule has 2 amide bonds. The Bertz CT molecular complexity index is 705. The van der Waals surface area contributed by atoms with Crippen molar-refractivity contribution in [2.45, 2.75) is 26.7 Å². The van der Waals surface area contributed by atoms with Crippen LogP contribution in [0.2, 0.25) is 0 Å². The van der Waals surface area contributed by atoms with Crippen LogP contribution in [0.3, 0.4) is 0 Å². The highest BCUT2D eigenvalue weighted by Crippen LogP contribution is 2.16. The maximum absolute atomic E-state index is 11.9. The van der Waals surface area contributed by atoms with Gasteiger partial charge in [-0.25, -0.2) is 5.43 Å². The van der Waals surface area contributed by atoms with Crippen LogP contribution < -0.4 is 10.7 Å². The third kappa shape index (κ3) is 5.43. The van der Waals surface area contributed by atoms with Gasteiger partial charge in [0.25, 0.3) is 0 Å². The van der Waals surface area contributed by atoms with Gasteiger partial charge in [0.2, 0.25) is 11.8 Å². The van der Waals surface area contributed by atoms with Crippen molar-refractivity contribution >= 4 is 23.7 Å². The normalized spacial score (nSPS) is 10.7. The molecule has 0 unspecified atom stereocenters. The first-order chi connectivity index (χ1) is 11.0. The quantitative estimate of drug-likeness (QED) is 0.565. The summed E-state index contributed by atoms with van der Waals surface area (Å²) in [5, 5.41) is 6.62. The number of anilines is 1. The molecule has 0 fully saturated rings. The van der Waals surface area contributed by atoms with E-state index in [2.05, 4.69) is 20.8 Å². The van der Waals surface area contributed by atoms with Crippen molar-refractivity contribution in [3.63, 3.8) is 0 Å². The number of hydrogen-bond donors (Lipinski definition) is 3. The molecule has 2 aromatic rings. The molecule has 0 aliphatic heterocycles.